The number of hydrogen-bond donors (Lipinski definition) is 1. The lowest BCUT2D eigenvalue weighted by Crippen LogP contribution is -2.47. The molecule has 1 N–H and O–H groups in total. The average Bonchev–Trinajstić information content (AvgIpc) is 3.25. The molecule has 0 spiro atoms. The van der Waals surface area contributed by atoms with Gasteiger partial charge in [0.05, 0.1) is 11.3 Å². The van der Waals surface area contributed by atoms with Crippen LogP contribution in [0, 0.1) is 18.6 Å². The van der Waals surface area contributed by atoms with Crippen LogP contribution >= 0.6 is 0 Å². The SMILES string of the molecule is C=C(c1noc(CC(C)(C)NC(=O)OC(C)(C)C)n1)n1cc(C)cc(OCc2c(F)cccc2F)c1=NCC. The molecule has 0 atom stereocenters. The molecule has 2 aromatic heterocycles. The molecule has 39 heavy (non-hydrogen) atoms. The highest BCUT2D eigenvalue weighted by Crippen LogP contribution is 2.20. The number of ether oxygens (including phenoxy) is 2. The van der Waals surface area contributed by atoms with E-state index < -0.39 is 28.9 Å². The average molecular weight is 544 g/mol. The van der Waals surface area contributed by atoms with Crippen molar-refractivity contribution in [2.24, 2.45) is 4.99 Å². The van der Waals surface area contributed by atoms with Gasteiger partial charge in [-0.15, -0.1) is 0 Å². The molecule has 2 heterocycles. The molecule has 0 unspecified atom stereocenters. The number of amides is 1. The normalized spacial score (nSPS) is 12.4. The Hall–Kier alpha value is -4.02. The molecule has 9 nitrogen and oxygen atoms in total. The molecular weight excluding hydrogens is 508 g/mol. The van der Waals surface area contributed by atoms with Crippen molar-refractivity contribution < 1.29 is 27.6 Å². The molecular formula is C28H35F2N5O4. The number of aryl methyl sites for hydroxylation is 1. The van der Waals surface area contributed by atoms with Gasteiger partial charge in [0.15, 0.2) is 11.2 Å². The zero-order chi connectivity index (χ0) is 29.0. The van der Waals surface area contributed by atoms with E-state index in [1.807, 2.05) is 27.7 Å². The third-order valence-corrected chi connectivity index (χ3v) is 5.33. The first kappa shape index (κ1) is 29.5. The summed E-state index contributed by atoms with van der Waals surface area (Å²) in [6.45, 7) is 16.9. The first-order valence-electron chi connectivity index (χ1n) is 12.5. The number of pyridine rings is 1. The lowest BCUT2D eigenvalue weighted by atomic mass is 10.0. The van der Waals surface area contributed by atoms with Crippen LogP contribution in [0.25, 0.3) is 5.70 Å². The molecule has 11 heteroatoms. The van der Waals surface area contributed by atoms with Crippen LogP contribution in [-0.2, 0) is 17.8 Å². The molecule has 1 aromatic carbocycles. The van der Waals surface area contributed by atoms with Gasteiger partial charge in [0, 0.05) is 24.7 Å². The van der Waals surface area contributed by atoms with Gasteiger partial charge in [0.1, 0.15) is 23.8 Å². The minimum Gasteiger partial charge on any atom is -0.485 e. The fraction of sp³-hybridized carbons (Fsp3) is 0.429. The predicted octanol–water partition coefficient (Wildman–Crippen LogP) is 5.32. The maximum Gasteiger partial charge on any atom is 0.408 e. The summed E-state index contributed by atoms with van der Waals surface area (Å²) in [6, 6.07) is 5.37. The van der Waals surface area contributed by atoms with Crippen molar-refractivity contribution in [2.75, 3.05) is 6.54 Å². The Balaban J connectivity index is 1.85. The van der Waals surface area contributed by atoms with Crippen LogP contribution in [0.1, 0.15) is 64.4 Å². The number of alkyl carbamates (subject to hydrolysis) is 1. The highest BCUT2D eigenvalue weighted by atomic mass is 19.1. The number of rotatable bonds is 9. The van der Waals surface area contributed by atoms with E-state index in [9.17, 15) is 13.6 Å². The van der Waals surface area contributed by atoms with Crippen molar-refractivity contribution in [1.29, 1.82) is 0 Å². The number of benzene rings is 1. The Morgan fingerprint density at radius 2 is 1.87 bits per heavy atom. The molecule has 0 radical (unpaired) electrons. The van der Waals surface area contributed by atoms with Crippen LogP contribution in [-0.4, -0.2) is 38.5 Å². The monoisotopic (exact) mass is 543 g/mol. The van der Waals surface area contributed by atoms with E-state index >= 15 is 0 Å². The van der Waals surface area contributed by atoms with Crippen molar-refractivity contribution in [3.8, 4) is 5.75 Å². The highest BCUT2D eigenvalue weighted by molar-refractivity contribution is 5.68. The predicted molar refractivity (Wildman–Crippen MR) is 142 cm³/mol. The van der Waals surface area contributed by atoms with Gasteiger partial charge in [-0.2, -0.15) is 4.98 Å². The van der Waals surface area contributed by atoms with E-state index in [1.54, 1.807) is 37.6 Å². The summed E-state index contributed by atoms with van der Waals surface area (Å²) in [6.07, 6.45) is 1.46. The van der Waals surface area contributed by atoms with Crippen molar-refractivity contribution in [1.82, 2.24) is 20.0 Å². The summed E-state index contributed by atoms with van der Waals surface area (Å²) < 4.78 is 46.6. The van der Waals surface area contributed by atoms with Crippen LogP contribution in [0.2, 0.25) is 0 Å². The van der Waals surface area contributed by atoms with E-state index in [0.717, 1.165) is 5.56 Å². The summed E-state index contributed by atoms with van der Waals surface area (Å²) in [7, 11) is 0. The Bertz CT molecular complexity index is 1400. The maximum atomic E-state index is 14.2. The standard InChI is InChI=1S/C28H35F2N5O4/c1-9-31-25-22(37-16-19-20(29)11-10-12-21(19)30)13-17(2)15-35(25)18(3)24-32-23(39-34-24)14-28(7,8)33-26(36)38-27(4,5)6/h10-13,15H,3,9,14,16H2,1-2,4-8H3,(H,33,36). The molecule has 0 bridgehead atoms. The first-order chi connectivity index (χ1) is 18.2. The van der Waals surface area contributed by atoms with Gasteiger partial charge in [-0.3, -0.25) is 9.56 Å². The third kappa shape index (κ3) is 7.98. The van der Waals surface area contributed by atoms with Crippen molar-refractivity contribution in [2.45, 2.75) is 72.6 Å². The van der Waals surface area contributed by atoms with Gasteiger partial charge in [0.2, 0.25) is 11.7 Å². The Morgan fingerprint density at radius 1 is 1.21 bits per heavy atom. The smallest absolute Gasteiger partial charge is 0.408 e. The Kier molecular flexibility index (Phi) is 8.93. The van der Waals surface area contributed by atoms with Gasteiger partial charge in [0.25, 0.3) is 0 Å². The fourth-order valence-corrected chi connectivity index (χ4v) is 3.68. The number of carbonyl (C=O) groups is 1. The van der Waals surface area contributed by atoms with E-state index in [0.29, 0.717) is 23.5 Å². The quantitative estimate of drug-likeness (QED) is 0.392. The van der Waals surface area contributed by atoms with E-state index in [-0.39, 0.29) is 30.3 Å². The van der Waals surface area contributed by atoms with Gasteiger partial charge >= 0.3 is 6.09 Å². The summed E-state index contributed by atoms with van der Waals surface area (Å²) in [5.74, 6) is -0.602. The van der Waals surface area contributed by atoms with E-state index in [2.05, 4.69) is 27.0 Å². The molecule has 3 aromatic rings. The molecule has 0 aliphatic rings. The zero-order valence-corrected chi connectivity index (χ0v) is 23.4. The molecule has 3 rings (SSSR count). The molecule has 0 aliphatic heterocycles. The topological polar surface area (TPSA) is 104 Å². The fourth-order valence-electron chi connectivity index (χ4n) is 3.68. The summed E-state index contributed by atoms with van der Waals surface area (Å²) in [5, 5.41) is 6.87. The van der Waals surface area contributed by atoms with Gasteiger partial charge in [-0.05, 0) is 72.2 Å². The number of hydrogen-bond acceptors (Lipinski definition) is 7. The van der Waals surface area contributed by atoms with Gasteiger partial charge in [-0.1, -0.05) is 17.8 Å². The van der Waals surface area contributed by atoms with Crippen LogP contribution in [0.15, 0.2) is 46.6 Å². The largest absolute Gasteiger partial charge is 0.485 e. The maximum absolute atomic E-state index is 14.2. The van der Waals surface area contributed by atoms with Gasteiger partial charge in [-0.25, -0.2) is 13.6 Å². The highest BCUT2D eigenvalue weighted by Gasteiger charge is 2.27. The third-order valence-electron chi connectivity index (χ3n) is 5.33. The lowest BCUT2D eigenvalue weighted by molar-refractivity contribution is 0.0469. The zero-order valence-electron chi connectivity index (χ0n) is 23.4. The van der Waals surface area contributed by atoms with Crippen LogP contribution in [0.4, 0.5) is 13.6 Å². The number of nitrogens with one attached hydrogen (secondary N) is 1. The number of nitrogens with zero attached hydrogens (tertiary/aromatic N) is 4. The summed E-state index contributed by atoms with van der Waals surface area (Å²) in [4.78, 5) is 21.2. The Morgan fingerprint density at radius 3 is 2.49 bits per heavy atom. The van der Waals surface area contributed by atoms with Crippen molar-refractivity contribution >= 4 is 11.8 Å². The molecule has 0 aliphatic carbocycles. The van der Waals surface area contributed by atoms with Crippen LogP contribution in [0.3, 0.4) is 0 Å². The van der Waals surface area contributed by atoms with E-state index in [4.69, 9.17) is 14.0 Å². The number of halogens is 2. The number of aromatic nitrogens is 3. The molecule has 0 saturated heterocycles. The van der Waals surface area contributed by atoms with Crippen molar-refractivity contribution in [3.63, 3.8) is 0 Å². The lowest BCUT2D eigenvalue weighted by Gasteiger charge is -2.27. The van der Waals surface area contributed by atoms with Crippen LogP contribution < -0.4 is 15.5 Å². The molecule has 0 saturated carbocycles. The molecule has 210 valence electrons. The minimum atomic E-state index is -0.740. The second-order valence-corrected chi connectivity index (χ2v) is 10.7. The number of carbonyl (C=O) groups excluding carboxylic acids is 1. The first-order valence-corrected chi connectivity index (χ1v) is 12.5. The second-order valence-electron chi connectivity index (χ2n) is 10.7. The summed E-state index contributed by atoms with van der Waals surface area (Å²) >= 11 is 0. The van der Waals surface area contributed by atoms with E-state index in [1.165, 1.54) is 18.2 Å². The molecule has 1 amide bonds. The molecule has 0 fully saturated rings. The second kappa shape index (κ2) is 11.8. The minimum absolute atomic E-state index is 0.183. The van der Waals surface area contributed by atoms with Crippen molar-refractivity contribution in [3.05, 3.63) is 77.0 Å². The Labute approximate surface area is 226 Å². The van der Waals surface area contributed by atoms with Crippen LogP contribution in [0.5, 0.6) is 5.75 Å². The van der Waals surface area contributed by atoms with Gasteiger partial charge < -0.3 is 19.3 Å². The summed E-state index contributed by atoms with van der Waals surface area (Å²) in [5.41, 5.74) is -0.0496.